The van der Waals surface area contributed by atoms with E-state index in [0.717, 1.165) is 45.1 Å². The van der Waals surface area contributed by atoms with Crippen LogP contribution in [0.1, 0.15) is 103 Å². The standard InChI is InChI=1S/C86H70N2/c1-8-57-35-39-61(40-36-57)86(62-45-43-60(44-46-62)85(5,6)7)79-34-22-21-30-73(79)74-50-48-66(56-80(74)86)88(64-25-13-10-14-26-64)82-54-52-71(68-28-16-19-32-76(68)82)70-51-53-81(75-31-18-15-27-67(70)75)87(63-23-11-9-12-24-63)65-47-49-72-69-29-17-20-33-77(69)83(78(72)55-65)58-37-41-59(42-38-58)84(2,3)4/h8-56,83H,1H2,2-7H3. The van der Waals surface area contributed by atoms with Crippen molar-refractivity contribution in [3.8, 4) is 33.4 Å². The number of anilines is 6. The van der Waals surface area contributed by atoms with Crippen LogP contribution in [0.3, 0.4) is 0 Å². The minimum atomic E-state index is -0.608. The van der Waals surface area contributed by atoms with Crippen molar-refractivity contribution < 1.29 is 0 Å². The molecule has 0 radical (unpaired) electrons. The van der Waals surface area contributed by atoms with Gasteiger partial charge in [0.15, 0.2) is 0 Å². The summed E-state index contributed by atoms with van der Waals surface area (Å²) in [5, 5.41) is 4.71. The van der Waals surface area contributed by atoms with Crippen molar-refractivity contribution in [3.05, 3.63) is 353 Å². The van der Waals surface area contributed by atoms with Crippen molar-refractivity contribution in [1.29, 1.82) is 0 Å². The Hall–Kier alpha value is -10.3. The molecule has 0 N–H and O–H groups in total. The lowest BCUT2D eigenvalue weighted by atomic mass is 9.67. The topological polar surface area (TPSA) is 6.48 Å². The van der Waals surface area contributed by atoms with Crippen LogP contribution >= 0.6 is 0 Å². The van der Waals surface area contributed by atoms with Gasteiger partial charge in [0.1, 0.15) is 0 Å². The molecular weight excluding hydrogens is 1060 g/mol. The summed E-state index contributed by atoms with van der Waals surface area (Å²) in [6.07, 6.45) is 1.94. The quantitative estimate of drug-likeness (QED) is 0.127. The molecule has 0 heterocycles. The number of nitrogens with zero attached hydrogens (tertiary/aromatic N) is 2. The highest BCUT2D eigenvalue weighted by molar-refractivity contribution is 6.13. The molecule has 0 amide bonds. The molecule has 0 saturated carbocycles. The molecule has 13 aromatic carbocycles. The second kappa shape index (κ2) is 21.3. The van der Waals surface area contributed by atoms with E-state index in [1.807, 2.05) is 6.08 Å². The molecule has 0 spiro atoms. The number of para-hydroxylation sites is 2. The molecular formula is C86H70N2. The molecule has 2 nitrogen and oxygen atoms in total. The lowest BCUT2D eigenvalue weighted by Gasteiger charge is -2.35. The van der Waals surface area contributed by atoms with Gasteiger partial charge in [-0.3, -0.25) is 0 Å². The Morgan fingerprint density at radius 1 is 0.330 bits per heavy atom. The van der Waals surface area contributed by atoms with Gasteiger partial charge in [0, 0.05) is 39.4 Å². The van der Waals surface area contributed by atoms with E-state index < -0.39 is 5.41 Å². The minimum Gasteiger partial charge on any atom is -0.310 e. The molecule has 15 rings (SSSR count). The normalized spacial score (nSPS) is 14.9. The van der Waals surface area contributed by atoms with Gasteiger partial charge < -0.3 is 9.80 Å². The number of fused-ring (bicyclic) bond motifs is 8. The zero-order valence-electron chi connectivity index (χ0n) is 51.0. The molecule has 0 saturated heterocycles. The first kappa shape index (κ1) is 54.4. The van der Waals surface area contributed by atoms with Gasteiger partial charge >= 0.3 is 0 Å². The van der Waals surface area contributed by atoms with Crippen molar-refractivity contribution in [3.63, 3.8) is 0 Å². The van der Waals surface area contributed by atoms with Crippen molar-refractivity contribution in [2.24, 2.45) is 0 Å². The van der Waals surface area contributed by atoms with E-state index >= 15 is 0 Å². The van der Waals surface area contributed by atoms with Crippen molar-refractivity contribution in [1.82, 2.24) is 0 Å². The summed E-state index contributed by atoms with van der Waals surface area (Å²) in [6, 6.07) is 109. The molecule has 424 valence electrons. The maximum Gasteiger partial charge on any atom is 0.0714 e. The molecule has 88 heavy (non-hydrogen) atoms. The highest BCUT2D eigenvalue weighted by Gasteiger charge is 2.47. The molecule has 2 aliphatic carbocycles. The smallest absolute Gasteiger partial charge is 0.0714 e. The second-order valence-corrected chi connectivity index (χ2v) is 26.0. The summed E-state index contributed by atoms with van der Waals surface area (Å²) in [7, 11) is 0. The summed E-state index contributed by atoms with van der Waals surface area (Å²) in [6.45, 7) is 17.9. The Morgan fingerprint density at radius 3 is 1.30 bits per heavy atom. The fraction of sp³-hybridized carbons (Fsp3) is 0.116. The largest absolute Gasteiger partial charge is 0.310 e. The van der Waals surface area contributed by atoms with Crippen molar-refractivity contribution >= 4 is 61.7 Å². The van der Waals surface area contributed by atoms with Gasteiger partial charge in [0.05, 0.1) is 16.8 Å². The van der Waals surface area contributed by atoms with E-state index in [-0.39, 0.29) is 16.7 Å². The summed E-state index contributed by atoms with van der Waals surface area (Å²) in [5.41, 5.74) is 26.3. The second-order valence-electron chi connectivity index (χ2n) is 26.0. The molecule has 0 aromatic heterocycles. The van der Waals surface area contributed by atoms with E-state index in [1.165, 1.54) is 99.6 Å². The van der Waals surface area contributed by atoms with Gasteiger partial charge in [-0.25, -0.2) is 0 Å². The third-order valence-corrected chi connectivity index (χ3v) is 18.9. The molecule has 0 bridgehead atoms. The molecule has 2 atom stereocenters. The van der Waals surface area contributed by atoms with Crippen molar-refractivity contribution in [2.45, 2.75) is 63.7 Å². The van der Waals surface area contributed by atoms with Gasteiger partial charge in [-0.15, -0.1) is 0 Å². The maximum atomic E-state index is 4.14. The molecule has 2 unspecified atom stereocenters. The summed E-state index contributed by atoms with van der Waals surface area (Å²) in [4.78, 5) is 4.94. The average Bonchev–Trinajstić information content (AvgIpc) is 1.52. The Bertz CT molecular complexity index is 4810. The average molecular weight is 1130 g/mol. The number of hydrogen-bond donors (Lipinski definition) is 0. The van der Waals surface area contributed by atoms with Crippen LogP contribution in [0.4, 0.5) is 34.1 Å². The van der Waals surface area contributed by atoms with E-state index in [1.54, 1.807) is 0 Å². The van der Waals surface area contributed by atoms with E-state index in [0.29, 0.717) is 0 Å². The summed E-state index contributed by atoms with van der Waals surface area (Å²) < 4.78 is 0. The Labute approximate surface area is 519 Å². The fourth-order valence-electron chi connectivity index (χ4n) is 14.6. The van der Waals surface area contributed by atoms with Crippen molar-refractivity contribution in [2.75, 3.05) is 9.80 Å². The zero-order chi connectivity index (χ0) is 59.9. The molecule has 0 fully saturated rings. The van der Waals surface area contributed by atoms with Crippen LogP contribution < -0.4 is 9.80 Å². The third-order valence-electron chi connectivity index (χ3n) is 18.9. The van der Waals surface area contributed by atoms with E-state index in [4.69, 9.17) is 0 Å². The lowest BCUT2D eigenvalue weighted by Crippen LogP contribution is -2.29. The van der Waals surface area contributed by atoms with Gasteiger partial charge in [0.2, 0.25) is 0 Å². The lowest BCUT2D eigenvalue weighted by molar-refractivity contribution is 0.589. The van der Waals surface area contributed by atoms with Gasteiger partial charge in [-0.1, -0.05) is 285 Å². The van der Waals surface area contributed by atoms with Crippen LogP contribution in [0.5, 0.6) is 0 Å². The third kappa shape index (κ3) is 8.92. The monoisotopic (exact) mass is 1130 g/mol. The summed E-state index contributed by atoms with van der Waals surface area (Å²) in [5.74, 6) is 0.108. The van der Waals surface area contributed by atoms with Crippen LogP contribution in [0.15, 0.2) is 298 Å². The molecule has 0 aliphatic heterocycles. The summed E-state index contributed by atoms with van der Waals surface area (Å²) >= 11 is 0. The Balaban J connectivity index is 0.880. The van der Waals surface area contributed by atoms with Gasteiger partial charge in [-0.2, -0.15) is 0 Å². The number of rotatable bonds is 11. The van der Waals surface area contributed by atoms with Crippen LogP contribution in [-0.2, 0) is 16.2 Å². The zero-order valence-corrected chi connectivity index (χ0v) is 51.0. The molecule has 2 aliphatic rings. The number of hydrogen-bond acceptors (Lipinski definition) is 2. The Kier molecular flexibility index (Phi) is 13.2. The van der Waals surface area contributed by atoms with E-state index in [9.17, 15) is 0 Å². The van der Waals surface area contributed by atoms with Crippen LogP contribution in [0, 0.1) is 0 Å². The van der Waals surface area contributed by atoms with Crippen LogP contribution in [0.25, 0.3) is 61.0 Å². The predicted octanol–water partition coefficient (Wildman–Crippen LogP) is 23.4. The highest BCUT2D eigenvalue weighted by Crippen LogP contribution is 2.58. The number of benzene rings is 13. The molecule has 13 aromatic rings. The van der Waals surface area contributed by atoms with Crippen LogP contribution in [-0.4, -0.2) is 0 Å². The first-order valence-corrected chi connectivity index (χ1v) is 31.0. The highest BCUT2D eigenvalue weighted by atomic mass is 15.1. The first-order chi connectivity index (χ1) is 42.9. The molecule has 2 heteroatoms. The van der Waals surface area contributed by atoms with Crippen LogP contribution in [0.2, 0.25) is 0 Å². The maximum absolute atomic E-state index is 4.14. The van der Waals surface area contributed by atoms with Gasteiger partial charge in [0.25, 0.3) is 0 Å². The van der Waals surface area contributed by atoms with Gasteiger partial charge in [-0.05, 0) is 171 Å². The Morgan fingerprint density at radius 2 is 0.750 bits per heavy atom. The fourth-order valence-corrected chi connectivity index (χ4v) is 14.6. The first-order valence-electron chi connectivity index (χ1n) is 31.0. The minimum absolute atomic E-state index is 0.00730. The predicted molar refractivity (Wildman–Crippen MR) is 374 cm³/mol. The van der Waals surface area contributed by atoms with E-state index in [2.05, 4.69) is 349 Å². The SMILES string of the molecule is C=Cc1ccc(C2(c3ccc(C(C)(C)C)cc3)c3ccccc3-c3ccc(N(c4ccccc4)c4ccc(-c5ccc(N(c6ccccc6)c6ccc7c(c6)C(c6ccc(C(C)(C)C)cc6)c6ccccc6-7)c6ccccc56)c5ccccc45)cc32)cc1.